The van der Waals surface area contributed by atoms with Gasteiger partial charge in [-0.1, -0.05) is 209 Å². The number of allylic oxidation sites excluding steroid dienone is 10. The number of carbonyl (C=O) groups excluding carboxylic acids is 2. The van der Waals surface area contributed by atoms with Crippen LogP contribution in [0.3, 0.4) is 0 Å². The topological polar surface area (TPSA) is 108 Å². The molecule has 0 radical (unpaired) electrons. The normalized spacial score (nSPS) is 13.2. The maximum atomic E-state index is 12.9. The fraction of sp³-hybridized carbons (Fsp3) is 0.780. The van der Waals surface area contributed by atoms with Crippen LogP contribution in [0.2, 0.25) is 0 Å². The second kappa shape index (κ2) is 50.4. The standard InChI is InChI=1S/C59H105NO8/c1-6-8-10-12-14-16-18-20-22-24-26-27-28-29-30-31-32-34-36-38-40-42-44-46-48-50-57(62)68-55(54-67-59(58(63)64)65-52-51-60(3,4)5)53-66-56(61)49-47-45-43-41-39-37-35-33-25-23-21-19-17-15-13-11-9-7-2/h8,10,14,16,20,22-23,25-27,55,59H,6-7,9,11-13,15,17-19,21,24,28-54H2,1-5H3/p+1/b10-8-,16-14-,22-20-,25-23-,27-26-. The van der Waals surface area contributed by atoms with Gasteiger partial charge in [0.15, 0.2) is 6.10 Å². The lowest BCUT2D eigenvalue weighted by atomic mass is 10.0. The van der Waals surface area contributed by atoms with Gasteiger partial charge in [0.2, 0.25) is 0 Å². The zero-order valence-corrected chi connectivity index (χ0v) is 44.8. The van der Waals surface area contributed by atoms with Crippen LogP contribution in [-0.2, 0) is 33.3 Å². The van der Waals surface area contributed by atoms with Crippen LogP contribution in [-0.4, -0.2) is 87.4 Å². The van der Waals surface area contributed by atoms with Crippen molar-refractivity contribution in [3.8, 4) is 0 Å². The van der Waals surface area contributed by atoms with Gasteiger partial charge in [-0.3, -0.25) is 9.59 Å². The van der Waals surface area contributed by atoms with Crippen molar-refractivity contribution >= 4 is 17.9 Å². The second-order valence-corrected chi connectivity index (χ2v) is 19.9. The van der Waals surface area contributed by atoms with E-state index in [1.165, 1.54) is 141 Å². The minimum atomic E-state index is -1.51. The van der Waals surface area contributed by atoms with Gasteiger partial charge in [-0.2, -0.15) is 0 Å². The Kier molecular flexibility index (Phi) is 48.2. The van der Waals surface area contributed by atoms with E-state index in [2.05, 4.69) is 74.6 Å². The molecule has 9 heteroatoms. The summed E-state index contributed by atoms with van der Waals surface area (Å²) in [5, 5.41) is 9.69. The Morgan fingerprint density at radius 3 is 1.26 bits per heavy atom. The van der Waals surface area contributed by atoms with Crippen molar-refractivity contribution in [2.24, 2.45) is 0 Å². The number of hydrogen-bond donors (Lipinski definition) is 1. The second-order valence-electron chi connectivity index (χ2n) is 19.9. The Bertz CT molecular complexity index is 1300. The SMILES string of the molecule is CC/C=C\C/C=C\C/C=C\C/C=C\CCCCCCCCCCCCCCC(=O)OC(COC(=O)CCCCCCCCC/C=C\CCCCCCCCC)COC(OCC[N+](C)(C)C)C(=O)O. The first-order valence-corrected chi connectivity index (χ1v) is 28.0. The van der Waals surface area contributed by atoms with E-state index < -0.39 is 24.3 Å². The van der Waals surface area contributed by atoms with Crippen molar-refractivity contribution in [3.63, 3.8) is 0 Å². The number of likely N-dealkylation sites (N-methyl/N-ethyl adjacent to an activating group) is 1. The van der Waals surface area contributed by atoms with Gasteiger partial charge in [0.1, 0.15) is 13.2 Å². The highest BCUT2D eigenvalue weighted by molar-refractivity contribution is 5.71. The molecule has 0 saturated heterocycles. The predicted molar refractivity (Wildman–Crippen MR) is 286 cm³/mol. The average Bonchev–Trinajstić information content (AvgIpc) is 3.30. The lowest BCUT2D eigenvalue weighted by Gasteiger charge is -2.25. The van der Waals surface area contributed by atoms with Gasteiger partial charge in [-0.15, -0.1) is 0 Å². The summed E-state index contributed by atoms with van der Waals surface area (Å²) in [6.07, 6.45) is 60.0. The molecule has 0 amide bonds. The molecule has 0 spiro atoms. The number of unbranched alkanes of at least 4 members (excludes halogenated alkanes) is 26. The van der Waals surface area contributed by atoms with E-state index in [-0.39, 0.29) is 32.2 Å². The van der Waals surface area contributed by atoms with Crippen LogP contribution in [0.4, 0.5) is 0 Å². The summed E-state index contributed by atoms with van der Waals surface area (Å²) in [5.74, 6) is -2.01. The molecule has 1 N–H and O–H groups in total. The lowest BCUT2D eigenvalue weighted by molar-refractivity contribution is -0.870. The van der Waals surface area contributed by atoms with Gasteiger partial charge in [0, 0.05) is 12.8 Å². The van der Waals surface area contributed by atoms with Crippen LogP contribution in [0.1, 0.15) is 239 Å². The minimum Gasteiger partial charge on any atom is -0.477 e. The van der Waals surface area contributed by atoms with E-state index >= 15 is 0 Å². The summed E-state index contributed by atoms with van der Waals surface area (Å²) >= 11 is 0. The third kappa shape index (κ3) is 50.9. The Balaban J connectivity index is 4.27. The maximum Gasteiger partial charge on any atom is 0.361 e. The summed E-state index contributed by atoms with van der Waals surface area (Å²) < 4.78 is 22.9. The number of carboxylic acid groups (broad SMARTS) is 1. The van der Waals surface area contributed by atoms with Gasteiger partial charge in [-0.05, 0) is 77.0 Å². The Hall–Kier alpha value is -3.01. The molecule has 2 atom stereocenters. The van der Waals surface area contributed by atoms with Crippen molar-refractivity contribution in [1.29, 1.82) is 0 Å². The molecule has 0 fully saturated rings. The Morgan fingerprint density at radius 2 is 0.838 bits per heavy atom. The van der Waals surface area contributed by atoms with Crippen molar-refractivity contribution < 1.29 is 42.9 Å². The zero-order chi connectivity index (χ0) is 49.9. The molecule has 394 valence electrons. The smallest absolute Gasteiger partial charge is 0.361 e. The van der Waals surface area contributed by atoms with Gasteiger partial charge in [0.25, 0.3) is 6.29 Å². The Morgan fingerprint density at radius 1 is 0.456 bits per heavy atom. The van der Waals surface area contributed by atoms with Crippen LogP contribution in [0.5, 0.6) is 0 Å². The van der Waals surface area contributed by atoms with Crippen molar-refractivity contribution in [2.45, 2.75) is 251 Å². The number of carboxylic acids is 1. The highest BCUT2D eigenvalue weighted by Crippen LogP contribution is 2.16. The number of carbonyl (C=O) groups is 3. The lowest BCUT2D eigenvalue weighted by Crippen LogP contribution is -2.40. The van der Waals surface area contributed by atoms with E-state index in [1.807, 2.05) is 21.1 Å². The van der Waals surface area contributed by atoms with Crippen LogP contribution in [0.15, 0.2) is 60.8 Å². The fourth-order valence-electron chi connectivity index (χ4n) is 7.71. The minimum absolute atomic E-state index is 0.185. The first kappa shape index (κ1) is 65.0. The molecule has 0 aliphatic carbocycles. The summed E-state index contributed by atoms with van der Waals surface area (Å²) in [5.41, 5.74) is 0. The molecule has 0 aromatic rings. The molecule has 0 aliphatic rings. The monoisotopic (exact) mass is 957 g/mol. The molecule has 0 aliphatic heterocycles. The number of aliphatic carboxylic acids is 1. The zero-order valence-electron chi connectivity index (χ0n) is 44.8. The van der Waals surface area contributed by atoms with E-state index in [0.29, 0.717) is 17.4 Å². The molecule has 0 heterocycles. The molecule has 9 nitrogen and oxygen atoms in total. The largest absolute Gasteiger partial charge is 0.477 e. The molecule has 0 saturated carbocycles. The van der Waals surface area contributed by atoms with Crippen LogP contribution >= 0.6 is 0 Å². The van der Waals surface area contributed by atoms with Gasteiger partial charge >= 0.3 is 17.9 Å². The third-order valence-electron chi connectivity index (χ3n) is 12.0. The maximum absolute atomic E-state index is 12.9. The molecule has 0 aromatic carbocycles. The summed E-state index contributed by atoms with van der Waals surface area (Å²) in [7, 11) is 5.96. The first-order chi connectivity index (χ1) is 33.1. The molecular formula is C59H106NO8+. The molecule has 0 rings (SSSR count). The highest BCUT2D eigenvalue weighted by Gasteiger charge is 2.25. The number of quaternary nitrogens is 1. The quantitative estimate of drug-likeness (QED) is 0.0211. The number of ether oxygens (including phenoxy) is 4. The van der Waals surface area contributed by atoms with Gasteiger partial charge < -0.3 is 28.5 Å². The number of rotatable bonds is 51. The highest BCUT2D eigenvalue weighted by atomic mass is 16.7. The van der Waals surface area contributed by atoms with Crippen LogP contribution in [0, 0.1) is 0 Å². The van der Waals surface area contributed by atoms with Crippen molar-refractivity contribution in [3.05, 3.63) is 60.8 Å². The van der Waals surface area contributed by atoms with Crippen LogP contribution in [0.25, 0.3) is 0 Å². The molecule has 0 aromatic heterocycles. The summed E-state index contributed by atoms with van der Waals surface area (Å²) in [6.45, 7) is 4.77. The fourth-order valence-corrected chi connectivity index (χ4v) is 7.71. The predicted octanol–water partition coefficient (Wildman–Crippen LogP) is 16.1. The molecule has 68 heavy (non-hydrogen) atoms. The van der Waals surface area contributed by atoms with Gasteiger partial charge in [0.05, 0.1) is 34.4 Å². The Labute approximate surface area is 418 Å². The summed E-state index contributed by atoms with van der Waals surface area (Å²) in [4.78, 5) is 37.4. The van der Waals surface area contributed by atoms with E-state index in [9.17, 15) is 19.5 Å². The summed E-state index contributed by atoms with van der Waals surface area (Å²) in [6, 6.07) is 0. The van der Waals surface area contributed by atoms with E-state index in [1.54, 1.807) is 0 Å². The number of hydrogen-bond acceptors (Lipinski definition) is 7. The van der Waals surface area contributed by atoms with Crippen LogP contribution < -0.4 is 0 Å². The number of nitrogens with zero attached hydrogens (tertiary/aromatic N) is 1. The molecule has 2 unspecified atom stereocenters. The van der Waals surface area contributed by atoms with Crippen molar-refractivity contribution in [1.82, 2.24) is 0 Å². The molecule has 0 bridgehead atoms. The molecular weight excluding hydrogens is 851 g/mol. The van der Waals surface area contributed by atoms with Gasteiger partial charge in [-0.25, -0.2) is 4.79 Å². The van der Waals surface area contributed by atoms with E-state index in [0.717, 1.165) is 70.6 Å². The van der Waals surface area contributed by atoms with E-state index in [4.69, 9.17) is 18.9 Å². The van der Waals surface area contributed by atoms with Crippen molar-refractivity contribution in [2.75, 3.05) is 47.5 Å². The average molecular weight is 957 g/mol. The third-order valence-corrected chi connectivity index (χ3v) is 12.0. The number of esters is 2. The first-order valence-electron chi connectivity index (χ1n) is 28.0.